The van der Waals surface area contributed by atoms with Crippen molar-refractivity contribution < 1.29 is 0 Å². The monoisotopic (exact) mass is 320 g/mol. The molecule has 1 heterocycles. The van der Waals surface area contributed by atoms with Gasteiger partial charge in [0.25, 0.3) is 0 Å². The fourth-order valence-corrected chi connectivity index (χ4v) is 3.04. The minimum atomic E-state index is 0.464. The van der Waals surface area contributed by atoms with Crippen molar-refractivity contribution in [3.63, 3.8) is 0 Å². The van der Waals surface area contributed by atoms with E-state index in [9.17, 15) is 0 Å². The van der Waals surface area contributed by atoms with Gasteiger partial charge in [0, 0.05) is 27.8 Å². The topological polar surface area (TPSA) is 24.9 Å². The smallest absolute Gasteiger partial charge is 0.0870 e. The second-order valence-electron chi connectivity index (χ2n) is 5.26. The van der Waals surface area contributed by atoms with E-state index in [-0.39, 0.29) is 0 Å². The molecular formula is C16H21BrN2. The summed E-state index contributed by atoms with van der Waals surface area (Å²) in [6.45, 7) is 11.7. The molecule has 1 aromatic carbocycles. The van der Waals surface area contributed by atoms with Crippen molar-refractivity contribution in [1.29, 1.82) is 0 Å². The lowest BCUT2D eigenvalue weighted by Gasteiger charge is -2.19. The van der Waals surface area contributed by atoms with Crippen molar-refractivity contribution in [3.8, 4) is 0 Å². The van der Waals surface area contributed by atoms with Gasteiger partial charge in [-0.3, -0.25) is 4.98 Å². The van der Waals surface area contributed by atoms with Crippen LogP contribution in [0, 0.1) is 13.8 Å². The van der Waals surface area contributed by atoms with Crippen LogP contribution >= 0.6 is 15.9 Å². The van der Waals surface area contributed by atoms with Crippen molar-refractivity contribution in [2.75, 3.05) is 11.9 Å². The van der Waals surface area contributed by atoms with Crippen LogP contribution in [-0.2, 0) is 0 Å². The Bertz CT molecular complexity index is 618. The van der Waals surface area contributed by atoms with Crippen LogP contribution in [-0.4, -0.2) is 11.5 Å². The Balaban J connectivity index is 2.88. The molecule has 19 heavy (non-hydrogen) atoms. The maximum absolute atomic E-state index is 4.81. The van der Waals surface area contributed by atoms with Gasteiger partial charge in [0.05, 0.1) is 5.52 Å². The number of halogens is 1. The molecule has 0 fully saturated rings. The number of rotatable bonds is 3. The normalized spacial score (nSPS) is 11.3. The number of aromatic nitrogens is 1. The largest absolute Gasteiger partial charge is 0.384 e. The lowest BCUT2D eigenvalue weighted by atomic mass is 9.96. The van der Waals surface area contributed by atoms with E-state index in [1.807, 2.05) is 0 Å². The Hall–Kier alpha value is -1.09. The van der Waals surface area contributed by atoms with Crippen LogP contribution in [0.25, 0.3) is 10.9 Å². The highest BCUT2D eigenvalue weighted by molar-refractivity contribution is 9.10. The van der Waals surface area contributed by atoms with Crippen molar-refractivity contribution in [2.45, 2.75) is 40.5 Å². The van der Waals surface area contributed by atoms with Crippen LogP contribution < -0.4 is 5.32 Å². The Morgan fingerprint density at radius 2 is 1.95 bits per heavy atom. The van der Waals surface area contributed by atoms with Gasteiger partial charge in [-0.05, 0) is 53.7 Å². The van der Waals surface area contributed by atoms with Gasteiger partial charge in [0.15, 0.2) is 0 Å². The first-order valence-corrected chi connectivity index (χ1v) is 7.59. The molecule has 0 radical (unpaired) electrons. The van der Waals surface area contributed by atoms with Gasteiger partial charge in [-0.2, -0.15) is 0 Å². The maximum atomic E-state index is 4.81. The van der Waals surface area contributed by atoms with E-state index >= 15 is 0 Å². The van der Waals surface area contributed by atoms with Crippen molar-refractivity contribution in [2.24, 2.45) is 0 Å². The molecule has 1 N–H and O–H groups in total. The third-order valence-electron chi connectivity index (χ3n) is 3.45. The van der Waals surface area contributed by atoms with Gasteiger partial charge >= 0.3 is 0 Å². The molecule has 0 saturated carbocycles. The number of nitrogens with zero attached hydrogens (tertiary/aromatic N) is 1. The van der Waals surface area contributed by atoms with Gasteiger partial charge in [-0.1, -0.05) is 26.0 Å². The maximum Gasteiger partial charge on any atom is 0.0870 e. The predicted octanol–water partition coefficient (Wildman–Crippen LogP) is 5.17. The summed E-state index contributed by atoms with van der Waals surface area (Å²) < 4.78 is 1.10. The molecule has 0 aliphatic rings. The second-order valence-corrected chi connectivity index (χ2v) is 6.06. The molecule has 1 aromatic heterocycles. The Morgan fingerprint density at radius 3 is 2.53 bits per heavy atom. The standard InChI is InChI=1S/C16H21BrN2/c1-6-18-15-12-8-7-10(4)14(17)16(12)19-11(5)13(15)9(2)3/h7-9H,6H2,1-5H3,(H,18,19). The van der Waals surface area contributed by atoms with E-state index in [0.29, 0.717) is 5.92 Å². The molecule has 0 saturated heterocycles. The van der Waals surface area contributed by atoms with Gasteiger partial charge in [0.1, 0.15) is 0 Å². The summed E-state index contributed by atoms with van der Waals surface area (Å²) in [5.74, 6) is 0.464. The van der Waals surface area contributed by atoms with Gasteiger partial charge in [-0.25, -0.2) is 0 Å². The molecule has 2 aromatic rings. The number of fused-ring (bicyclic) bond motifs is 1. The zero-order valence-corrected chi connectivity index (χ0v) is 13.9. The zero-order valence-electron chi connectivity index (χ0n) is 12.3. The van der Waals surface area contributed by atoms with Gasteiger partial charge < -0.3 is 5.32 Å². The Morgan fingerprint density at radius 1 is 1.26 bits per heavy atom. The molecule has 0 spiro atoms. The molecule has 102 valence electrons. The lowest BCUT2D eigenvalue weighted by Crippen LogP contribution is -2.07. The van der Waals surface area contributed by atoms with Crippen LogP contribution in [0.3, 0.4) is 0 Å². The summed E-state index contributed by atoms with van der Waals surface area (Å²) in [5.41, 5.74) is 5.95. The van der Waals surface area contributed by atoms with Crippen LogP contribution in [0.15, 0.2) is 16.6 Å². The molecule has 0 bridgehead atoms. The Kier molecular flexibility index (Phi) is 4.14. The molecule has 3 heteroatoms. The van der Waals surface area contributed by atoms with E-state index in [1.54, 1.807) is 0 Å². The number of nitrogens with one attached hydrogen (secondary N) is 1. The SMILES string of the molecule is CCNc1c(C(C)C)c(C)nc2c(Br)c(C)ccc12. The molecule has 0 atom stereocenters. The van der Waals surface area contributed by atoms with E-state index < -0.39 is 0 Å². The molecular weight excluding hydrogens is 300 g/mol. The number of anilines is 1. The summed E-state index contributed by atoms with van der Waals surface area (Å²) in [4.78, 5) is 4.81. The van der Waals surface area contributed by atoms with Crippen LogP contribution in [0.5, 0.6) is 0 Å². The summed E-state index contributed by atoms with van der Waals surface area (Å²) in [6.07, 6.45) is 0. The molecule has 0 amide bonds. The average Bonchev–Trinajstić information content (AvgIpc) is 2.34. The van der Waals surface area contributed by atoms with Crippen molar-refractivity contribution in [3.05, 3.63) is 33.4 Å². The summed E-state index contributed by atoms with van der Waals surface area (Å²) in [5, 5.41) is 4.73. The fraction of sp³-hybridized carbons (Fsp3) is 0.438. The molecule has 0 aliphatic carbocycles. The quantitative estimate of drug-likeness (QED) is 0.843. The summed E-state index contributed by atoms with van der Waals surface area (Å²) in [7, 11) is 0. The number of benzene rings is 1. The van der Waals surface area contributed by atoms with E-state index in [4.69, 9.17) is 4.98 Å². The highest BCUT2D eigenvalue weighted by Crippen LogP contribution is 2.37. The predicted molar refractivity (Wildman–Crippen MR) is 87.2 cm³/mol. The minimum absolute atomic E-state index is 0.464. The molecule has 0 aliphatic heterocycles. The molecule has 2 rings (SSSR count). The Labute approximate surface area is 123 Å². The fourth-order valence-electron chi connectivity index (χ4n) is 2.60. The number of hydrogen-bond donors (Lipinski definition) is 1. The highest BCUT2D eigenvalue weighted by Gasteiger charge is 2.16. The van der Waals surface area contributed by atoms with E-state index in [0.717, 1.165) is 22.2 Å². The third-order valence-corrected chi connectivity index (χ3v) is 4.45. The number of aryl methyl sites for hydroxylation is 2. The van der Waals surface area contributed by atoms with Gasteiger partial charge in [-0.15, -0.1) is 0 Å². The van der Waals surface area contributed by atoms with Crippen LogP contribution in [0.4, 0.5) is 5.69 Å². The highest BCUT2D eigenvalue weighted by atomic mass is 79.9. The first kappa shape index (κ1) is 14.3. The first-order valence-electron chi connectivity index (χ1n) is 6.80. The molecule has 0 unspecified atom stereocenters. The third kappa shape index (κ3) is 2.48. The zero-order chi connectivity index (χ0) is 14.2. The van der Waals surface area contributed by atoms with Crippen LogP contribution in [0.2, 0.25) is 0 Å². The summed E-state index contributed by atoms with van der Waals surface area (Å²) in [6, 6.07) is 4.32. The summed E-state index contributed by atoms with van der Waals surface area (Å²) >= 11 is 3.67. The van der Waals surface area contributed by atoms with E-state index in [2.05, 4.69) is 68.0 Å². The van der Waals surface area contributed by atoms with E-state index in [1.165, 1.54) is 22.2 Å². The van der Waals surface area contributed by atoms with Crippen molar-refractivity contribution in [1.82, 2.24) is 4.98 Å². The first-order chi connectivity index (χ1) is 8.97. The average molecular weight is 321 g/mol. The molecule has 2 nitrogen and oxygen atoms in total. The van der Waals surface area contributed by atoms with Crippen LogP contribution in [0.1, 0.15) is 43.5 Å². The number of pyridine rings is 1. The lowest BCUT2D eigenvalue weighted by molar-refractivity contribution is 0.848. The van der Waals surface area contributed by atoms with Gasteiger partial charge in [0.2, 0.25) is 0 Å². The number of hydrogen-bond acceptors (Lipinski definition) is 2. The second kappa shape index (κ2) is 5.49. The van der Waals surface area contributed by atoms with Crippen molar-refractivity contribution >= 4 is 32.5 Å². The minimum Gasteiger partial charge on any atom is -0.384 e.